The van der Waals surface area contributed by atoms with Crippen molar-refractivity contribution in [3.63, 3.8) is 0 Å². The standard InChI is InChI=1S/C16H26O3/c1-4-5-6-7-8-12-11-9-10-13(15(12)17)14(11)16(18-2)19-3/h9-14,16H,4-8H2,1-3H3/t11-,12-,13-,14?/m0/s1. The van der Waals surface area contributed by atoms with Crippen LogP contribution in [0.15, 0.2) is 12.2 Å². The van der Waals surface area contributed by atoms with Gasteiger partial charge in [0.05, 0.1) is 0 Å². The zero-order valence-electron chi connectivity index (χ0n) is 12.3. The van der Waals surface area contributed by atoms with Gasteiger partial charge >= 0.3 is 0 Å². The van der Waals surface area contributed by atoms with E-state index in [1.165, 1.54) is 25.7 Å². The Labute approximate surface area is 116 Å². The Kier molecular flexibility index (Phi) is 5.17. The first-order chi connectivity index (χ1) is 9.24. The maximum Gasteiger partial charge on any atom is 0.161 e. The van der Waals surface area contributed by atoms with Gasteiger partial charge in [-0.25, -0.2) is 0 Å². The molecule has 0 heterocycles. The zero-order valence-corrected chi connectivity index (χ0v) is 12.3. The van der Waals surface area contributed by atoms with E-state index in [0.29, 0.717) is 11.7 Å². The molecule has 4 atom stereocenters. The molecule has 2 aliphatic carbocycles. The fourth-order valence-electron chi connectivity index (χ4n) is 3.75. The van der Waals surface area contributed by atoms with Gasteiger partial charge in [-0.1, -0.05) is 44.8 Å². The number of carbonyl (C=O) groups excluding carboxylic acids is 1. The van der Waals surface area contributed by atoms with E-state index in [1.807, 2.05) is 0 Å². The molecular weight excluding hydrogens is 240 g/mol. The van der Waals surface area contributed by atoms with Gasteiger partial charge in [-0.15, -0.1) is 0 Å². The molecule has 0 radical (unpaired) electrons. The van der Waals surface area contributed by atoms with Crippen molar-refractivity contribution in [2.75, 3.05) is 14.2 Å². The molecule has 1 unspecified atom stereocenters. The Hall–Kier alpha value is -0.670. The summed E-state index contributed by atoms with van der Waals surface area (Å²) in [6, 6.07) is 0. The number of fused-ring (bicyclic) bond motifs is 2. The molecule has 0 spiro atoms. The lowest BCUT2D eigenvalue weighted by atomic mass is 9.86. The fraction of sp³-hybridized carbons (Fsp3) is 0.812. The molecule has 108 valence electrons. The number of carbonyl (C=O) groups is 1. The van der Waals surface area contributed by atoms with Crippen molar-refractivity contribution >= 4 is 5.78 Å². The SMILES string of the molecule is CCCCCC[C@@H]1C(=O)[C@H]2C=C[C@@H]1C2C(OC)OC. The molecule has 0 aromatic heterocycles. The Bertz CT molecular complexity index is 333. The molecule has 1 fully saturated rings. The molecule has 2 rings (SSSR count). The second-order valence-electron chi connectivity index (χ2n) is 5.76. The van der Waals surface area contributed by atoms with Crippen molar-refractivity contribution in [3.8, 4) is 0 Å². The van der Waals surface area contributed by atoms with E-state index in [1.54, 1.807) is 14.2 Å². The largest absolute Gasteiger partial charge is 0.356 e. The summed E-state index contributed by atoms with van der Waals surface area (Å²) in [4.78, 5) is 12.4. The molecular formula is C16H26O3. The molecule has 0 amide bonds. The van der Waals surface area contributed by atoms with Crippen LogP contribution in [-0.2, 0) is 14.3 Å². The average molecular weight is 266 g/mol. The van der Waals surface area contributed by atoms with Crippen LogP contribution in [0, 0.1) is 23.7 Å². The van der Waals surface area contributed by atoms with Crippen LogP contribution in [0.5, 0.6) is 0 Å². The van der Waals surface area contributed by atoms with Gasteiger partial charge in [0.25, 0.3) is 0 Å². The summed E-state index contributed by atoms with van der Waals surface area (Å²) in [7, 11) is 3.32. The Balaban J connectivity index is 1.96. The van der Waals surface area contributed by atoms with E-state index >= 15 is 0 Å². The maximum absolute atomic E-state index is 12.4. The summed E-state index contributed by atoms with van der Waals surface area (Å²) in [5.74, 6) is 1.14. The minimum absolute atomic E-state index is 0.0195. The minimum atomic E-state index is -0.255. The minimum Gasteiger partial charge on any atom is -0.356 e. The van der Waals surface area contributed by atoms with Crippen molar-refractivity contribution in [1.29, 1.82) is 0 Å². The molecule has 0 saturated heterocycles. The number of allylic oxidation sites excluding steroid dienone is 2. The topological polar surface area (TPSA) is 35.5 Å². The number of rotatable bonds is 8. The molecule has 3 heteroatoms. The average Bonchev–Trinajstić information content (AvgIpc) is 2.94. The third-order valence-electron chi connectivity index (χ3n) is 4.71. The molecule has 0 N–H and O–H groups in total. The van der Waals surface area contributed by atoms with Gasteiger partial charge in [-0.3, -0.25) is 4.79 Å². The molecule has 0 aromatic carbocycles. The van der Waals surface area contributed by atoms with E-state index in [2.05, 4.69) is 19.1 Å². The fourth-order valence-corrected chi connectivity index (χ4v) is 3.75. The lowest BCUT2D eigenvalue weighted by molar-refractivity contribution is -0.148. The molecule has 19 heavy (non-hydrogen) atoms. The predicted molar refractivity (Wildman–Crippen MR) is 74.7 cm³/mol. The molecule has 0 aromatic rings. The van der Waals surface area contributed by atoms with Crippen LogP contribution in [0.25, 0.3) is 0 Å². The molecule has 1 saturated carbocycles. The van der Waals surface area contributed by atoms with Crippen LogP contribution in [0.4, 0.5) is 0 Å². The Morgan fingerprint density at radius 2 is 1.89 bits per heavy atom. The first-order valence-electron chi connectivity index (χ1n) is 7.52. The zero-order chi connectivity index (χ0) is 13.8. The van der Waals surface area contributed by atoms with E-state index in [0.717, 1.165) is 6.42 Å². The number of ketones is 1. The molecule has 0 aliphatic heterocycles. The summed E-state index contributed by atoms with van der Waals surface area (Å²) < 4.78 is 10.8. The summed E-state index contributed by atoms with van der Waals surface area (Å²) >= 11 is 0. The van der Waals surface area contributed by atoms with Gasteiger partial charge in [-0.2, -0.15) is 0 Å². The number of Topliss-reactive ketones (excluding diaryl/α,β-unsaturated/α-hetero) is 1. The van der Waals surface area contributed by atoms with Gasteiger partial charge in [0.2, 0.25) is 0 Å². The van der Waals surface area contributed by atoms with Crippen LogP contribution in [0.1, 0.15) is 39.0 Å². The second-order valence-corrected chi connectivity index (χ2v) is 5.76. The van der Waals surface area contributed by atoms with Crippen LogP contribution < -0.4 is 0 Å². The van der Waals surface area contributed by atoms with Crippen molar-refractivity contribution in [3.05, 3.63) is 12.2 Å². The summed E-state index contributed by atoms with van der Waals surface area (Å²) in [5, 5.41) is 0. The summed E-state index contributed by atoms with van der Waals surface area (Å²) in [5.41, 5.74) is 0. The highest BCUT2D eigenvalue weighted by molar-refractivity contribution is 5.89. The van der Waals surface area contributed by atoms with E-state index in [-0.39, 0.29) is 24.0 Å². The number of ether oxygens (including phenoxy) is 2. The number of unbranched alkanes of at least 4 members (excludes halogenated alkanes) is 3. The molecule has 3 nitrogen and oxygen atoms in total. The molecule has 2 bridgehead atoms. The first-order valence-corrected chi connectivity index (χ1v) is 7.52. The van der Waals surface area contributed by atoms with E-state index < -0.39 is 0 Å². The van der Waals surface area contributed by atoms with E-state index in [9.17, 15) is 4.79 Å². The third kappa shape index (κ3) is 2.77. The van der Waals surface area contributed by atoms with Gasteiger partial charge in [0.15, 0.2) is 6.29 Å². The number of hydrogen-bond acceptors (Lipinski definition) is 3. The van der Waals surface area contributed by atoms with E-state index in [4.69, 9.17) is 9.47 Å². The van der Waals surface area contributed by atoms with Gasteiger partial charge in [-0.05, 0) is 12.3 Å². The normalized spacial score (nSPS) is 32.7. The van der Waals surface area contributed by atoms with Crippen molar-refractivity contribution < 1.29 is 14.3 Å². The van der Waals surface area contributed by atoms with Crippen LogP contribution in [0.3, 0.4) is 0 Å². The van der Waals surface area contributed by atoms with Crippen molar-refractivity contribution in [2.24, 2.45) is 23.7 Å². The third-order valence-corrected chi connectivity index (χ3v) is 4.71. The summed E-state index contributed by atoms with van der Waals surface area (Å²) in [6.07, 6.45) is 9.96. The Morgan fingerprint density at radius 3 is 2.53 bits per heavy atom. The number of methoxy groups -OCH3 is 2. The van der Waals surface area contributed by atoms with Crippen LogP contribution >= 0.6 is 0 Å². The lowest BCUT2D eigenvalue weighted by Crippen LogP contribution is -2.29. The van der Waals surface area contributed by atoms with Crippen LogP contribution in [0.2, 0.25) is 0 Å². The lowest BCUT2D eigenvalue weighted by Gasteiger charge is -2.25. The number of hydrogen-bond donors (Lipinski definition) is 0. The highest BCUT2D eigenvalue weighted by Gasteiger charge is 2.53. The molecule has 2 aliphatic rings. The van der Waals surface area contributed by atoms with Crippen molar-refractivity contribution in [2.45, 2.75) is 45.3 Å². The second kappa shape index (κ2) is 6.67. The predicted octanol–water partition coefficient (Wildman–Crippen LogP) is 3.19. The quantitative estimate of drug-likeness (QED) is 0.384. The van der Waals surface area contributed by atoms with Crippen LogP contribution in [-0.4, -0.2) is 26.3 Å². The monoisotopic (exact) mass is 266 g/mol. The van der Waals surface area contributed by atoms with Gasteiger partial charge in [0, 0.05) is 32.0 Å². The summed E-state index contributed by atoms with van der Waals surface area (Å²) in [6.45, 7) is 2.21. The van der Waals surface area contributed by atoms with Crippen molar-refractivity contribution in [1.82, 2.24) is 0 Å². The highest BCUT2D eigenvalue weighted by Crippen LogP contribution is 2.49. The Morgan fingerprint density at radius 1 is 1.16 bits per heavy atom. The van der Waals surface area contributed by atoms with Gasteiger partial charge < -0.3 is 9.47 Å². The smallest absolute Gasteiger partial charge is 0.161 e. The van der Waals surface area contributed by atoms with Gasteiger partial charge in [0.1, 0.15) is 5.78 Å². The maximum atomic E-state index is 12.4. The highest BCUT2D eigenvalue weighted by atomic mass is 16.7. The first kappa shape index (κ1) is 14.7.